The van der Waals surface area contributed by atoms with Gasteiger partial charge in [0, 0.05) is 64.5 Å². The first-order valence-electron chi connectivity index (χ1n) is 8.83. The highest BCUT2D eigenvalue weighted by Crippen LogP contribution is 2.33. The van der Waals surface area contributed by atoms with Crippen LogP contribution >= 0.6 is 0 Å². The van der Waals surface area contributed by atoms with Crippen molar-refractivity contribution < 1.29 is 4.79 Å². The smallest absolute Gasteiger partial charge is 0.227 e. The van der Waals surface area contributed by atoms with Crippen molar-refractivity contribution in [1.29, 1.82) is 0 Å². The van der Waals surface area contributed by atoms with Gasteiger partial charge in [-0.15, -0.1) is 0 Å². The molecule has 1 aliphatic carbocycles. The number of carbonyl (C=O) groups excluding carboxylic acids is 1. The zero-order chi connectivity index (χ0) is 16.0. The zero-order valence-corrected chi connectivity index (χ0v) is 14.1. The molecule has 3 fully saturated rings. The molecular formula is C17H27N5O. The Hall–Kier alpha value is -1.40. The van der Waals surface area contributed by atoms with Crippen LogP contribution in [0.3, 0.4) is 0 Å². The van der Waals surface area contributed by atoms with Gasteiger partial charge in [-0.05, 0) is 24.8 Å². The van der Waals surface area contributed by atoms with Crippen molar-refractivity contribution in [2.75, 3.05) is 33.2 Å². The number of hydrogen-bond acceptors (Lipinski definition) is 4. The fraction of sp³-hybridized carbons (Fsp3) is 0.765. The Morgan fingerprint density at radius 2 is 2.17 bits per heavy atom. The van der Waals surface area contributed by atoms with Crippen LogP contribution in [-0.4, -0.2) is 70.8 Å². The lowest BCUT2D eigenvalue weighted by Gasteiger charge is -2.29. The van der Waals surface area contributed by atoms with Crippen LogP contribution in [0.15, 0.2) is 12.4 Å². The minimum Gasteiger partial charge on any atom is -0.341 e. The second kappa shape index (κ2) is 5.91. The fourth-order valence-electron chi connectivity index (χ4n) is 4.22. The maximum atomic E-state index is 13.1. The molecule has 0 spiro atoms. The largest absolute Gasteiger partial charge is 0.341 e. The van der Waals surface area contributed by atoms with Crippen LogP contribution in [0.5, 0.6) is 0 Å². The van der Waals surface area contributed by atoms with Gasteiger partial charge in [0.1, 0.15) is 0 Å². The Kier molecular flexibility index (Phi) is 3.89. The third kappa shape index (κ3) is 2.90. The lowest BCUT2D eigenvalue weighted by atomic mass is 9.89. The molecule has 2 saturated heterocycles. The zero-order valence-electron chi connectivity index (χ0n) is 14.1. The predicted molar refractivity (Wildman–Crippen MR) is 88.1 cm³/mol. The van der Waals surface area contributed by atoms with Crippen LogP contribution in [0, 0.1) is 5.92 Å². The van der Waals surface area contributed by atoms with Crippen LogP contribution in [-0.2, 0) is 11.8 Å². The highest BCUT2D eigenvalue weighted by molar-refractivity contribution is 5.80. The lowest BCUT2D eigenvalue weighted by Crippen LogP contribution is -2.44. The molecule has 6 heteroatoms. The van der Waals surface area contributed by atoms with Crippen molar-refractivity contribution in [3.63, 3.8) is 0 Å². The molecule has 1 amide bonds. The van der Waals surface area contributed by atoms with Gasteiger partial charge in [0.05, 0.1) is 12.1 Å². The summed E-state index contributed by atoms with van der Waals surface area (Å²) in [5, 5.41) is 7.67. The molecule has 4 rings (SSSR count). The van der Waals surface area contributed by atoms with Gasteiger partial charge in [-0.1, -0.05) is 0 Å². The highest BCUT2D eigenvalue weighted by Gasteiger charge is 2.41. The van der Waals surface area contributed by atoms with Gasteiger partial charge in [-0.3, -0.25) is 14.4 Å². The van der Waals surface area contributed by atoms with Crippen molar-refractivity contribution >= 4 is 5.91 Å². The van der Waals surface area contributed by atoms with Crippen molar-refractivity contribution in [2.24, 2.45) is 13.0 Å². The van der Waals surface area contributed by atoms with Crippen molar-refractivity contribution in [3.8, 4) is 0 Å². The fourth-order valence-corrected chi connectivity index (χ4v) is 4.22. The summed E-state index contributed by atoms with van der Waals surface area (Å²) < 4.78 is 1.82. The third-order valence-corrected chi connectivity index (χ3v) is 5.84. The normalized spacial score (nSPS) is 31.7. The number of likely N-dealkylation sites (tertiary alicyclic amines) is 1. The molecule has 3 heterocycles. The molecule has 3 aliphatic rings. The van der Waals surface area contributed by atoms with E-state index in [4.69, 9.17) is 0 Å². The summed E-state index contributed by atoms with van der Waals surface area (Å²) in [6.07, 6.45) is 7.77. The maximum absolute atomic E-state index is 13.1. The number of rotatable bonds is 4. The van der Waals surface area contributed by atoms with Gasteiger partial charge in [-0.25, -0.2) is 0 Å². The van der Waals surface area contributed by atoms with Gasteiger partial charge in [-0.2, -0.15) is 5.10 Å². The first-order valence-corrected chi connectivity index (χ1v) is 8.83. The van der Waals surface area contributed by atoms with Crippen molar-refractivity contribution in [2.45, 2.75) is 37.3 Å². The Labute approximate surface area is 137 Å². The Balaban J connectivity index is 1.42. The van der Waals surface area contributed by atoms with Crippen LogP contribution in [0.25, 0.3) is 0 Å². The van der Waals surface area contributed by atoms with Gasteiger partial charge < -0.3 is 10.2 Å². The summed E-state index contributed by atoms with van der Waals surface area (Å²) in [4.78, 5) is 17.7. The number of amides is 1. The van der Waals surface area contributed by atoms with Gasteiger partial charge in [0.25, 0.3) is 0 Å². The summed E-state index contributed by atoms with van der Waals surface area (Å²) in [5.41, 5.74) is 1.18. The molecule has 126 valence electrons. The number of carbonyl (C=O) groups is 1. The van der Waals surface area contributed by atoms with Crippen molar-refractivity contribution in [3.05, 3.63) is 18.0 Å². The number of nitrogens with zero attached hydrogens (tertiary/aromatic N) is 4. The molecule has 2 aliphatic heterocycles. The summed E-state index contributed by atoms with van der Waals surface area (Å²) in [6, 6.07) is 1.19. The lowest BCUT2D eigenvalue weighted by molar-refractivity contribution is -0.135. The molecule has 6 nitrogen and oxygen atoms in total. The van der Waals surface area contributed by atoms with E-state index in [9.17, 15) is 4.79 Å². The van der Waals surface area contributed by atoms with Crippen LogP contribution in [0.2, 0.25) is 0 Å². The third-order valence-electron chi connectivity index (χ3n) is 5.84. The van der Waals surface area contributed by atoms with E-state index < -0.39 is 0 Å². The number of hydrogen-bond donors (Lipinski definition) is 1. The Morgan fingerprint density at radius 1 is 1.35 bits per heavy atom. The summed E-state index contributed by atoms with van der Waals surface area (Å²) in [7, 11) is 3.93. The summed E-state index contributed by atoms with van der Waals surface area (Å²) in [5.74, 6) is 0.588. The first-order chi connectivity index (χ1) is 11.1. The second-order valence-corrected chi connectivity index (χ2v) is 7.44. The Morgan fingerprint density at radius 3 is 2.87 bits per heavy atom. The summed E-state index contributed by atoms with van der Waals surface area (Å²) in [6.45, 7) is 3.86. The highest BCUT2D eigenvalue weighted by atomic mass is 16.2. The minimum atomic E-state index is 0.0409. The molecule has 1 N–H and O–H groups in total. The van der Waals surface area contributed by atoms with E-state index in [0.717, 1.165) is 38.6 Å². The van der Waals surface area contributed by atoms with E-state index in [-0.39, 0.29) is 11.8 Å². The summed E-state index contributed by atoms with van der Waals surface area (Å²) >= 11 is 0. The van der Waals surface area contributed by atoms with Crippen LogP contribution in [0.4, 0.5) is 0 Å². The SMILES string of the molecule is CN(C(=O)[C@H]1CNC[C@@H]1c1cnn(C)c1)C1CCN(C2CC2)C1. The van der Waals surface area contributed by atoms with E-state index in [2.05, 4.69) is 15.3 Å². The molecule has 1 aromatic heterocycles. The molecule has 0 bridgehead atoms. The Bertz CT molecular complexity index is 581. The molecule has 0 aromatic carbocycles. The second-order valence-electron chi connectivity index (χ2n) is 7.44. The molecule has 3 atom stereocenters. The quantitative estimate of drug-likeness (QED) is 0.874. The topological polar surface area (TPSA) is 53.4 Å². The average Bonchev–Trinajstić information content (AvgIpc) is 2.97. The maximum Gasteiger partial charge on any atom is 0.227 e. The van der Waals surface area contributed by atoms with Gasteiger partial charge in [0.2, 0.25) is 5.91 Å². The van der Waals surface area contributed by atoms with Crippen LogP contribution in [0.1, 0.15) is 30.7 Å². The number of nitrogens with one attached hydrogen (secondary N) is 1. The standard InChI is InChI=1S/C17H27N5O/c1-20-10-12(7-19-20)15-8-18-9-16(15)17(23)21(2)14-5-6-22(11-14)13-3-4-13/h7,10,13-16,18H,3-6,8-9,11H2,1-2H3/t14?,15-,16+/m1/s1. The van der Waals surface area contributed by atoms with Gasteiger partial charge in [0.15, 0.2) is 0 Å². The van der Waals surface area contributed by atoms with E-state index in [1.807, 2.05) is 36.1 Å². The molecule has 1 aromatic rings. The number of aromatic nitrogens is 2. The van der Waals surface area contributed by atoms with E-state index in [1.165, 1.54) is 18.4 Å². The molecular weight excluding hydrogens is 290 g/mol. The predicted octanol–water partition coefficient (Wildman–Crippen LogP) is 0.418. The van der Waals surface area contributed by atoms with Crippen LogP contribution < -0.4 is 5.32 Å². The number of aryl methyl sites for hydroxylation is 1. The minimum absolute atomic E-state index is 0.0409. The monoisotopic (exact) mass is 317 g/mol. The van der Waals surface area contributed by atoms with E-state index in [1.54, 1.807) is 0 Å². The number of likely N-dealkylation sites (N-methyl/N-ethyl adjacent to an activating group) is 1. The van der Waals surface area contributed by atoms with Gasteiger partial charge >= 0.3 is 0 Å². The molecule has 1 unspecified atom stereocenters. The van der Waals surface area contributed by atoms with E-state index >= 15 is 0 Å². The van der Waals surface area contributed by atoms with Crippen molar-refractivity contribution in [1.82, 2.24) is 24.9 Å². The van der Waals surface area contributed by atoms with E-state index in [0.29, 0.717) is 11.9 Å². The molecule has 1 saturated carbocycles. The molecule has 0 radical (unpaired) electrons. The molecule has 23 heavy (non-hydrogen) atoms. The first kappa shape index (κ1) is 15.1. The average molecular weight is 317 g/mol.